The molecule has 0 saturated carbocycles. The van der Waals surface area contributed by atoms with Crippen LogP contribution in [0.2, 0.25) is 0 Å². The minimum absolute atomic E-state index is 0.0439. The first-order valence-corrected chi connectivity index (χ1v) is 8.93. The van der Waals surface area contributed by atoms with Crippen molar-refractivity contribution in [2.45, 2.75) is 26.5 Å². The molecule has 0 bridgehead atoms. The van der Waals surface area contributed by atoms with E-state index in [4.69, 9.17) is 14.2 Å². The van der Waals surface area contributed by atoms with Gasteiger partial charge >= 0.3 is 6.09 Å². The summed E-state index contributed by atoms with van der Waals surface area (Å²) in [5.41, 5.74) is 0.707. The van der Waals surface area contributed by atoms with Crippen LogP contribution in [0.25, 0.3) is 0 Å². The van der Waals surface area contributed by atoms with E-state index >= 15 is 0 Å². The summed E-state index contributed by atoms with van der Waals surface area (Å²) >= 11 is 0. The van der Waals surface area contributed by atoms with Crippen LogP contribution in [0.1, 0.15) is 19.4 Å². The number of aliphatic hydroxyl groups excluding tert-OH is 1. The predicted octanol–water partition coefficient (Wildman–Crippen LogP) is 1.50. The summed E-state index contributed by atoms with van der Waals surface area (Å²) in [4.78, 5) is 27.6. The maximum atomic E-state index is 12.7. The van der Waals surface area contributed by atoms with E-state index in [0.717, 1.165) is 0 Å². The third kappa shape index (κ3) is 5.50. The highest BCUT2D eigenvalue weighted by molar-refractivity contribution is 5.83. The van der Waals surface area contributed by atoms with E-state index in [9.17, 15) is 14.7 Å². The second-order valence-corrected chi connectivity index (χ2v) is 6.92. The molecule has 150 valence electrons. The molecule has 0 radical (unpaired) electrons. The number of carbonyl (C=O) groups excluding carboxylic acids is 2. The van der Waals surface area contributed by atoms with Crippen LogP contribution in [0.4, 0.5) is 4.79 Å². The number of β-amino-alcohol motifs (C(OH)–C–C–N with tert-alkyl or cyclic N) is 1. The van der Waals surface area contributed by atoms with E-state index in [1.165, 1.54) is 9.80 Å². The molecule has 1 saturated heterocycles. The van der Waals surface area contributed by atoms with Gasteiger partial charge in [-0.25, -0.2) is 4.79 Å². The van der Waals surface area contributed by atoms with Crippen LogP contribution in [0.5, 0.6) is 11.5 Å². The van der Waals surface area contributed by atoms with Crippen molar-refractivity contribution in [1.82, 2.24) is 9.80 Å². The summed E-state index contributed by atoms with van der Waals surface area (Å²) in [6.07, 6.45) is -1.46. The fourth-order valence-electron chi connectivity index (χ4n) is 2.89. The number of nitrogens with zero attached hydrogens (tertiary/aromatic N) is 2. The molecule has 1 N–H and O–H groups in total. The van der Waals surface area contributed by atoms with Gasteiger partial charge in [-0.3, -0.25) is 9.69 Å². The molecule has 1 aromatic rings. The number of carbonyl (C=O) groups is 2. The van der Waals surface area contributed by atoms with E-state index in [0.29, 0.717) is 17.1 Å². The molecular weight excluding hydrogens is 352 g/mol. The highest BCUT2D eigenvalue weighted by atomic mass is 16.6. The predicted molar refractivity (Wildman–Crippen MR) is 98.7 cm³/mol. The van der Waals surface area contributed by atoms with E-state index in [-0.39, 0.29) is 44.6 Å². The topological polar surface area (TPSA) is 88.5 Å². The summed E-state index contributed by atoms with van der Waals surface area (Å²) in [5, 5.41) is 10.3. The molecule has 0 aromatic heterocycles. The maximum Gasteiger partial charge on any atom is 0.410 e. The normalized spacial score (nSPS) is 17.7. The van der Waals surface area contributed by atoms with Crippen LogP contribution in [0, 0.1) is 5.92 Å². The van der Waals surface area contributed by atoms with Gasteiger partial charge in [0, 0.05) is 6.54 Å². The Morgan fingerprint density at radius 3 is 2.41 bits per heavy atom. The Morgan fingerprint density at radius 2 is 1.85 bits per heavy atom. The van der Waals surface area contributed by atoms with Crippen molar-refractivity contribution < 1.29 is 28.9 Å². The van der Waals surface area contributed by atoms with Gasteiger partial charge in [0.2, 0.25) is 5.91 Å². The quantitative estimate of drug-likeness (QED) is 0.805. The number of methoxy groups -OCH3 is 2. The molecule has 27 heavy (non-hydrogen) atoms. The van der Waals surface area contributed by atoms with Crippen LogP contribution >= 0.6 is 0 Å². The van der Waals surface area contributed by atoms with Crippen LogP contribution in [-0.4, -0.2) is 73.5 Å². The summed E-state index contributed by atoms with van der Waals surface area (Å²) in [7, 11) is 3.09. The highest BCUT2D eigenvalue weighted by Crippen LogP contribution is 2.30. The average Bonchev–Trinajstić information content (AvgIpc) is 2.78. The molecular formula is C19H28N2O6. The minimum Gasteiger partial charge on any atom is -0.496 e. The van der Waals surface area contributed by atoms with E-state index in [2.05, 4.69) is 0 Å². The second-order valence-electron chi connectivity index (χ2n) is 6.92. The van der Waals surface area contributed by atoms with Crippen molar-refractivity contribution in [3.8, 4) is 11.5 Å². The third-order valence-corrected chi connectivity index (χ3v) is 4.22. The SMILES string of the molecule is COc1cccc(OC)c1CN1CC(O)CN(C(=O)OCC(C)C)CC1=O. The average molecular weight is 380 g/mol. The highest BCUT2D eigenvalue weighted by Gasteiger charge is 2.31. The molecule has 1 unspecified atom stereocenters. The monoisotopic (exact) mass is 380 g/mol. The van der Waals surface area contributed by atoms with Crippen molar-refractivity contribution in [1.29, 1.82) is 0 Å². The Labute approximate surface area is 159 Å². The fourth-order valence-corrected chi connectivity index (χ4v) is 2.89. The van der Waals surface area contributed by atoms with Gasteiger partial charge in [0.1, 0.15) is 18.0 Å². The molecule has 1 atom stereocenters. The van der Waals surface area contributed by atoms with Crippen molar-refractivity contribution >= 4 is 12.0 Å². The fraction of sp³-hybridized carbons (Fsp3) is 0.579. The molecule has 1 aliphatic rings. The zero-order chi connectivity index (χ0) is 20.0. The van der Waals surface area contributed by atoms with Crippen molar-refractivity contribution in [3.05, 3.63) is 23.8 Å². The standard InChI is InChI=1S/C19H28N2O6/c1-13(2)12-27-19(24)21-9-14(22)8-20(18(23)11-21)10-15-16(25-3)6-5-7-17(15)26-4/h5-7,13-14,22H,8-12H2,1-4H3. The number of ether oxygens (including phenoxy) is 3. The lowest BCUT2D eigenvalue weighted by Crippen LogP contribution is -2.40. The number of benzene rings is 1. The van der Waals surface area contributed by atoms with Crippen LogP contribution in [0.15, 0.2) is 18.2 Å². The number of aliphatic hydroxyl groups is 1. The number of amides is 2. The van der Waals surface area contributed by atoms with E-state index < -0.39 is 12.2 Å². The minimum atomic E-state index is -0.872. The van der Waals surface area contributed by atoms with Gasteiger partial charge in [-0.15, -0.1) is 0 Å². The van der Waals surface area contributed by atoms with Crippen LogP contribution in [0.3, 0.4) is 0 Å². The molecule has 1 fully saturated rings. The summed E-state index contributed by atoms with van der Waals surface area (Å²) in [5.74, 6) is 1.10. The Bertz CT molecular complexity index is 641. The van der Waals surface area contributed by atoms with Gasteiger partial charge in [0.15, 0.2) is 0 Å². The summed E-state index contributed by atoms with van der Waals surface area (Å²) in [6.45, 7) is 4.33. The third-order valence-electron chi connectivity index (χ3n) is 4.22. The summed E-state index contributed by atoms with van der Waals surface area (Å²) in [6, 6.07) is 5.37. The van der Waals surface area contributed by atoms with Crippen molar-refractivity contribution in [2.24, 2.45) is 5.92 Å². The second kappa shape index (κ2) is 9.45. The summed E-state index contributed by atoms with van der Waals surface area (Å²) < 4.78 is 15.9. The molecule has 8 heteroatoms. The Morgan fingerprint density at radius 1 is 1.22 bits per heavy atom. The Hall–Kier alpha value is -2.48. The smallest absolute Gasteiger partial charge is 0.410 e. The molecule has 8 nitrogen and oxygen atoms in total. The van der Waals surface area contributed by atoms with Gasteiger partial charge < -0.3 is 24.2 Å². The maximum absolute atomic E-state index is 12.7. The number of hydrogen-bond acceptors (Lipinski definition) is 6. The van der Waals surface area contributed by atoms with Gasteiger partial charge in [0.25, 0.3) is 0 Å². The largest absolute Gasteiger partial charge is 0.496 e. The van der Waals surface area contributed by atoms with Crippen molar-refractivity contribution in [2.75, 3.05) is 40.5 Å². The lowest BCUT2D eigenvalue weighted by Gasteiger charge is -2.24. The molecule has 0 spiro atoms. The van der Waals surface area contributed by atoms with E-state index in [1.54, 1.807) is 32.4 Å². The number of hydrogen-bond donors (Lipinski definition) is 1. The molecule has 2 amide bonds. The molecule has 1 aromatic carbocycles. The van der Waals surface area contributed by atoms with Gasteiger partial charge in [-0.2, -0.15) is 0 Å². The first-order chi connectivity index (χ1) is 12.8. The zero-order valence-corrected chi connectivity index (χ0v) is 16.3. The van der Waals surface area contributed by atoms with Crippen molar-refractivity contribution in [3.63, 3.8) is 0 Å². The molecule has 0 aliphatic carbocycles. The van der Waals surface area contributed by atoms with E-state index in [1.807, 2.05) is 13.8 Å². The van der Waals surface area contributed by atoms with Gasteiger partial charge in [-0.05, 0) is 18.1 Å². The van der Waals surface area contributed by atoms with Crippen LogP contribution in [-0.2, 0) is 16.1 Å². The molecule has 2 rings (SSSR count). The van der Waals surface area contributed by atoms with Gasteiger partial charge in [-0.1, -0.05) is 19.9 Å². The Kier molecular flexibility index (Phi) is 7.29. The Balaban J connectivity index is 2.14. The zero-order valence-electron chi connectivity index (χ0n) is 16.3. The first-order valence-electron chi connectivity index (χ1n) is 8.93. The van der Waals surface area contributed by atoms with Gasteiger partial charge in [0.05, 0.1) is 45.6 Å². The lowest BCUT2D eigenvalue weighted by atomic mass is 10.1. The number of rotatable bonds is 6. The molecule has 1 aliphatic heterocycles. The molecule has 1 heterocycles. The van der Waals surface area contributed by atoms with Crippen LogP contribution < -0.4 is 9.47 Å². The first kappa shape index (κ1) is 20.8. The lowest BCUT2D eigenvalue weighted by molar-refractivity contribution is -0.132.